The molecular formula is C8H18O. The summed E-state index contributed by atoms with van der Waals surface area (Å²) in [4.78, 5) is 0. The molecule has 0 heterocycles. The van der Waals surface area contributed by atoms with Crippen LogP contribution < -0.4 is 0 Å². The van der Waals surface area contributed by atoms with Crippen molar-refractivity contribution in [3.8, 4) is 0 Å². The predicted octanol–water partition coefficient (Wildman–Crippen LogP) is 2.34. The van der Waals surface area contributed by atoms with Crippen molar-refractivity contribution in [1.82, 2.24) is 0 Å². The van der Waals surface area contributed by atoms with Crippen molar-refractivity contribution in [2.24, 2.45) is 0 Å². The summed E-state index contributed by atoms with van der Waals surface area (Å²) < 4.78 is 0. The van der Waals surface area contributed by atoms with Gasteiger partial charge < -0.3 is 5.11 Å². The molecule has 0 amide bonds. The van der Waals surface area contributed by atoms with Crippen LogP contribution in [0.15, 0.2) is 0 Å². The highest BCUT2D eigenvalue weighted by atomic mass is 16.3. The summed E-state index contributed by atoms with van der Waals surface area (Å²) in [5, 5.41) is 8.73. The van der Waals surface area contributed by atoms with Gasteiger partial charge in [0.05, 0.1) is 6.10 Å². The highest BCUT2D eigenvalue weighted by molar-refractivity contribution is 4.63. The molecule has 1 nitrogen and oxygen atoms in total. The summed E-state index contributed by atoms with van der Waals surface area (Å²) in [6, 6.07) is 0. The fraction of sp³-hybridized carbons (Fsp3) is 1.00. The van der Waals surface area contributed by atoms with Gasteiger partial charge in [-0.05, 0) is 12.8 Å². The standard InChI is InChI=1S/C5H10O.C3H8/c6-5-3-1-2-4-5;1-3-2/h5-6H,1-4H2;3H2,1-2H3. The van der Waals surface area contributed by atoms with Gasteiger partial charge in [-0.1, -0.05) is 33.1 Å². The van der Waals surface area contributed by atoms with E-state index in [1.807, 2.05) is 0 Å². The minimum atomic E-state index is 0.0463. The average molecular weight is 130 g/mol. The maximum Gasteiger partial charge on any atom is 0.0540 e. The van der Waals surface area contributed by atoms with Crippen LogP contribution in [0.3, 0.4) is 0 Å². The van der Waals surface area contributed by atoms with Gasteiger partial charge in [0.1, 0.15) is 0 Å². The summed E-state index contributed by atoms with van der Waals surface area (Å²) in [5.41, 5.74) is 0. The van der Waals surface area contributed by atoms with Crippen molar-refractivity contribution in [3.63, 3.8) is 0 Å². The normalized spacial score (nSPS) is 19.0. The Labute approximate surface area is 58.1 Å². The van der Waals surface area contributed by atoms with Gasteiger partial charge in [-0.25, -0.2) is 0 Å². The number of aliphatic hydroxyl groups is 1. The van der Waals surface area contributed by atoms with Crippen LogP contribution in [0.1, 0.15) is 46.0 Å². The Morgan fingerprint density at radius 2 is 1.56 bits per heavy atom. The summed E-state index contributed by atoms with van der Waals surface area (Å²) in [5.74, 6) is 0. The maximum absolute atomic E-state index is 8.73. The van der Waals surface area contributed by atoms with E-state index in [2.05, 4.69) is 13.8 Å². The molecule has 1 saturated carbocycles. The third-order valence-electron chi connectivity index (χ3n) is 1.32. The SMILES string of the molecule is CCC.OC1CCCC1. The number of hydrogen-bond acceptors (Lipinski definition) is 1. The van der Waals surface area contributed by atoms with Gasteiger partial charge in [-0.3, -0.25) is 0 Å². The van der Waals surface area contributed by atoms with Crippen molar-refractivity contribution in [2.45, 2.75) is 52.1 Å². The third-order valence-corrected chi connectivity index (χ3v) is 1.32. The minimum absolute atomic E-state index is 0.0463. The minimum Gasteiger partial charge on any atom is -0.393 e. The van der Waals surface area contributed by atoms with Crippen LogP contribution in [0.5, 0.6) is 0 Å². The molecule has 1 aliphatic rings. The molecule has 0 aliphatic heterocycles. The lowest BCUT2D eigenvalue weighted by Gasteiger charge is -1.91. The number of aliphatic hydroxyl groups excluding tert-OH is 1. The summed E-state index contributed by atoms with van der Waals surface area (Å²) in [6.07, 6.45) is 5.85. The number of rotatable bonds is 0. The van der Waals surface area contributed by atoms with Crippen LogP contribution in [0.25, 0.3) is 0 Å². The Morgan fingerprint density at radius 3 is 1.67 bits per heavy atom. The maximum atomic E-state index is 8.73. The Hall–Kier alpha value is -0.0400. The third kappa shape index (κ3) is 5.84. The van der Waals surface area contributed by atoms with E-state index in [4.69, 9.17) is 5.11 Å². The lowest BCUT2D eigenvalue weighted by Crippen LogP contribution is -1.94. The zero-order valence-corrected chi connectivity index (χ0v) is 6.56. The lowest BCUT2D eigenvalue weighted by molar-refractivity contribution is 0.183. The van der Waals surface area contributed by atoms with Crippen LogP contribution in [0.2, 0.25) is 0 Å². The molecule has 0 atom stereocenters. The molecule has 1 heteroatoms. The predicted molar refractivity (Wildman–Crippen MR) is 40.4 cm³/mol. The van der Waals surface area contributed by atoms with E-state index in [0.717, 1.165) is 12.8 Å². The molecule has 9 heavy (non-hydrogen) atoms. The van der Waals surface area contributed by atoms with Gasteiger partial charge in [0.2, 0.25) is 0 Å². The first kappa shape index (κ1) is 8.96. The van der Waals surface area contributed by atoms with Crippen LogP contribution >= 0.6 is 0 Å². The Morgan fingerprint density at radius 1 is 1.22 bits per heavy atom. The van der Waals surface area contributed by atoms with Gasteiger partial charge in [0, 0.05) is 0 Å². The van der Waals surface area contributed by atoms with Gasteiger partial charge in [-0.15, -0.1) is 0 Å². The van der Waals surface area contributed by atoms with E-state index in [0.29, 0.717) is 0 Å². The first-order chi connectivity index (χ1) is 4.31. The molecule has 1 aliphatic carbocycles. The quantitative estimate of drug-likeness (QED) is 0.533. The molecular weight excluding hydrogens is 112 g/mol. The Kier molecular flexibility index (Phi) is 6.06. The zero-order valence-electron chi connectivity index (χ0n) is 6.56. The molecule has 0 saturated heterocycles. The van der Waals surface area contributed by atoms with E-state index in [1.54, 1.807) is 0 Å². The molecule has 0 aromatic carbocycles. The highest BCUT2D eigenvalue weighted by Gasteiger charge is 2.09. The summed E-state index contributed by atoms with van der Waals surface area (Å²) in [7, 11) is 0. The van der Waals surface area contributed by atoms with E-state index in [-0.39, 0.29) is 6.10 Å². The highest BCUT2D eigenvalue weighted by Crippen LogP contribution is 2.16. The summed E-state index contributed by atoms with van der Waals surface area (Å²) in [6.45, 7) is 4.25. The smallest absolute Gasteiger partial charge is 0.0540 e. The monoisotopic (exact) mass is 130 g/mol. The molecule has 0 unspecified atom stereocenters. The Balaban J connectivity index is 0.000000187. The lowest BCUT2D eigenvalue weighted by atomic mass is 10.3. The van der Waals surface area contributed by atoms with Crippen LogP contribution in [0.4, 0.5) is 0 Å². The topological polar surface area (TPSA) is 20.2 Å². The van der Waals surface area contributed by atoms with Crippen LogP contribution in [-0.2, 0) is 0 Å². The molecule has 1 N–H and O–H groups in total. The van der Waals surface area contributed by atoms with Gasteiger partial charge >= 0.3 is 0 Å². The fourth-order valence-corrected chi connectivity index (χ4v) is 0.904. The average Bonchev–Trinajstić information content (AvgIpc) is 2.20. The van der Waals surface area contributed by atoms with Crippen LogP contribution in [-0.4, -0.2) is 11.2 Å². The largest absolute Gasteiger partial charge is 0.393 e. The van der Waals surface area contributed by atoms with E-state index in [9.17, 15) is 0 Å². The molecule has 0 radical (unpaired) electrons. The fourth-order valence-electron chi connectivity index (χ4n) is 0.904. The van der Waals surface area contributed by atoms with Crippen molar-refractivity contribution in [1.29, 1.82) is 0 Å². The van der Waals surface area contributed by atoms with Crippen molar-refractivity contribution < 1.29 is 5.11 Å². The van der Waals surface area contributed by atoms with E-state index >= 15 is 0 Å². The van der Waals surface area contributed by atoms with E-state index in [1.165, 1.54) is 19.3 Å². The van der Waals surface area contributed by atoms with Gasteiger partial charge in [0.25, 0.3) is 0 Å². The second kappa shape index (κ2) is 6.09. The molecule has 1 rings (SSSR count). The second-order valence-electron chi connectivity index (χ2n) is 2.65. The Bertz CT molecular complexity index is 46.5. The molecule has 1 fully saturated rings. The number of hydrogen-bond donors (Lipinski definition) is 1. The molecule has 0 spiro atoms. The van der Waals surface area contributed by atoms with E-state index < -0.39 is 0 Å². The first-order valence-electron chi connectivity index (χ1n) is 3.99. The van der Waals surface area contributed by atoms with Crippen molar-refractivity contribution in [2.75, 3.05) is 0 Å². The first-order valence-corrected chi connectivity index (χ1v) is 3.99. The van der Waals surface area contributed by atoms with Crippen molar-refractivity contribution >= 4 is 0 Å². The van der Waals surface area contributed by atoms with Crippen molar-refractivity contribution in [3.05, 3.63) is 0 Å². The van der Waals surface area contributed by atoms with Gasteiger partial charge in [0.15, 0.2) is 0 Å². The molecule has 56 valence electrons. The molecule has 0 aromatic rings. The van der Waals surface area contributed by atoms with Gasteiger partial charge in [-0.2, -0.15) is 0 Å². The summed E-state index contributed by atoms with van der Waals surface area (Å²) >= 11 is 0. The molecule has 0 aromatic heterocycles. The zero-order chi connectivity index (χ0) is 7.11. The molecule has 0 bridgehead atoms. The van der Waals surface area contributed by atoms with Crippen LogP contribution in [0, 0.1) is 0 Å². The second-order valence-corrected chi connectivity index (χ2v) is 2.65.